The Balaban J connectivity index is 2.47. The number of pyridine rings is 1. The largest absolute Gasteiger partial charge is 0.480 e. The molecular weight excluding hydrogens is 244 g/mol. The van der Waals surface area contributed by atoms with Crippen molar-refractivity contribution >= 4 is 17.4 Å². The Morgan fingerprint density at radius 1 is 1.47 bits per heavy atom. The molecule has 0 aromatic carbocycles. The molecule has 6 heteroatoms. The van der Waals surface area contributed by atoms with Crippen LogP contribution in [0.1, 0.15) is 19.4 Å². The number of hydrogen-bond acceptors (Lipinski definition) is 4. The van der Waals surface area contributed by atoms with Gasteiger partial charge in [-0.2, -0.15) is 9.61 Å². The fourth-order valence-corrected chi connectivity index (χ4v) is 2.10. The maximum Gasteiger partial charge on any atom is 0.323 e. The fraction of sp³-hybridized carbons (Fsp3) is 0.462. The molecule has 0 aliphatic carbocycles. The number of carboxylic acids is 1. The summed E-state index contributed by atoms with van der Waals surface area (Å²) in [5.41, 5.74) is 1.77. The first-order valence-electron chi connectivity index (χ1n) is 6.24. The molecule has 2 rings (SSSR count). The van der Waals surface area contributed by atoms with Gasteiger partial charge >= 0.3 is 5.97 Å². The average Bonchev–Trinajstić information content (AvgIpc) is 2.73. The number of rotatable bonds is 5. The summed E-state index contributed by atoms with van der Waals surface area (Å²) in [5, 5.41) is 13.2. The van der Waals surface area contributed by atoms with Crippen molar-refractivity contribution in [3.8, 4) is 0 Å². The van der Waals surface area contributed by atoms with Crippen molar-refractivity contribution in [2.45, 2.75) is 20.8 Å². The summed E-state index contributed by atoms with van der Waals surface area (Å²) < 4.78 is 1.68. The zero-order valence-corrected chi connectivity index (χ0v) is 11.4. The number of nitrogens with zero attached hydrogens (tertiary/aromatic N) is 4. The highest BCUT2D eigenvalue weighted by molar-refractivity contribution is 5.73. The normalized spacial score (nSPS) is 11.2. The SMILES string of the molecule is Cc1cc(N(CC(=O)O)CC(C)C)n2ncnc2c1. The van der Waals surface area contributed by atoms with E-state index in [0.717, 1.165) is 17.0 Å². The van der Waals surface area contributed by atoms with E-state index in [1.807, 2.05) is 24.0 Å². The Hall–Kier alpha value is -2.11. The summed E-state index contributed by atoms with van der Waals surface area (Å²) in [4.78, 5) is 17.0. The van der Waals surface area contributed by atoms with Crippen molar-refractivity contribution in [3.05, 3.63) is 24.0 Å². The Morgan fingerprint density at radius 2 is 2.21 bits per heavy atom. The van der Waals surface area contributed by atoms with Crippen LogP contribution in [-0.2, 0) is 4.79 Å². The summed E-state index contributed by atoms with van der Waals surface area (Å²) in [6, 6.07) is 3.86. The Bertz CT molecular complexity index is 591. The first-order valence-corrected chi connectivity index (χ1v) is 6.24. The number of hydrogen-bond donors (Lipinski definition) is 1. The molecule has 2 aromatic heterocycles. The van der Waals surface area contributed by atoms with Gasteiger partial charge in [0.1, 0.15) is 18.7 Å². The van der Waals surface area contributed by atoms with Gasteiger partial charge in [-0.25, -0.2) is 4.98 Å². The third kappa shape index (κ3) is 3.01. The predicted octanol–water partition coefficient (Wildman–Crippen LogP) is 1.58. The van der Waals surface area contributed by atoms with E-state index in [-0.39, 0.29) is 6.54 Å². The highest BCUT2D eigenvalue weighted by atomic mass is 16.4. The maximum atomic E-state index is 11.0. The minimum absolute atomic E-state index is 0.0450. The summed E-state index contributed by atoms with van der Waals surface area (Å²) >= 11 is 0. The molecule has 0 saturated carbocycles. The van der Waals surface area contributed by atoms with Crippen LogP contribution < -0.4 is 4.90 Å². The van der Waals surface area contributed by atoms with Crippen molar-refractivity contribution in [2.75, 3.05) is 18.0 Å². The number of carboxylic acid groups (broad SMARTS) is 1. The first-order chi connectivity index (χ1) is 8.97. The highest BCUT2D eigenvalue weighted by Gasteiger charge is 2.16. The second-order valence-electron chi connectivity index (χ2n) is 5.09. The molecule has 0 aliphatic rings. The lowest BCUT2D eigenvalue weighted by Crippen LogP contribution is -2.34. The van der Waals surface area contributed by atoms with E-state index >= 15 is 0 Å². The molecule has 0 aliphatic heterocycles. The van der Waals surface area contributed by atoms with Gasteiger partial charge in [0, 0.05) is 6.54 Å². The number of fused-ring (bicyclic) bond motifs is 1. The Labute approximate surface area is 111 Å². The lowest BCUT2D eigenvalue weighted by Gasteiger charge is -2.25. The standard InChI is InChI=1S/C13H18N4O2/c1-9(2)6-16(7-13(18)19)12-5-10(3)4-11-14-8-15-17(11)12/h4-5,8-9H,6-7H2,1-3H3,(H,18,19). The number of anilines is 1. The number of aliphatic carboxylic acids is 1. The predicted molar refractivity (Wildman–Crippen MR) is 72.4 cm³/mol. The molecule has 2 aromatic rings. The van der Waals surface area contributed by atoms with Crippen LogP contribution in [0, 0.1) is 12.8 Å². The Morgan fingerprint density at radius 3 is 2.84 bits per heavy atom. The second-order valence-corrected chi connectivity index (χ2v) is 5.09. The van der Waals surface area contributed by atoms with E-state index in [1.165, 1.54) is 6.33 Å². The molecule has 102 valence electrons. The van der Waals surface area contributed by atoms with Gasteiger partial charge in [-0.1, -0.05) is 13.8 Å². The number of aryl methyl sites for hydroxylation is 1. The van der Waals surface area contributed by atoms with Crippen LogP contribution in [0.25, 0.3) is 5.65 Å². The van der Waals surface area contributed by atoms with Crippen LogP contribution in [0.2, 0.25) is 0 Å². The van der Waals surface area contributed by atoms with Crippen molar-refractivity contribution in [2.24, 2.45) is 5.92 Å². The number of aromatic nitrogens is 3. The van der Waals surface area contributed by atoms with Crippen LogP contribution in [0.4, 0.5) is 5.82 Å². The van der Waals surface area contributed by atoms with Gasteiger partial charge in [0.2, 0.25) is 0 Å². The lowest BCUT2D eigenvalue weighted by molar-refractivity contribution is -0.135. The highest BCUT2D eigenvalue weighted by Crippen LogP contribution is 2.19. The van der Waals surface area contributed by atoms with Crippen LogP contribution >= 0.6 is 0 Å². The van der Waals surface area contributed by atoms with Gasteiger partial charge in [-0.05, 0) is 30.5 Å². The fourth-order valence-electron chi connectivity index (χ4n) is 2.10. The molecule has 0 atom stereocenters. The molecule has 2 heterocycles. The molecule has 0 spiro atoms. The molecule has 0 radical (unpaired) electrons. The molecule has 0 bridgehead atoms. The summed E-state index contributed by atoms with van der Waals surface area (Å²) in [6.07, 6.45) is 1.48. The Kier molecular flexibility index (Phi) is 3.69. The third-order valence-electron chi connectivity index (χ3n) is 2.74. The molecule has 0 unspecified atom stereocenters. The van der Waals surface area contributed by atoms with Gasteiger partial charge in [0.15, 0.2) is 5.65 Å². The molecule has 0 fully saturated rings. The van der Waals surface area contributed by atoms with E-state index in [4.69, 9.17) is 5.11 Å². The minimum atomic E-state index is -0.851. The average molecular weight is 262 g/mol. The van der Waals surface area contributed by atoms with E-state index < -0.39 is 5.97 Å². The van der Waals surface area contributed by atoms with Crippen LogP contribution in [0.15, 0.2) is 18.5 Å². The van der Waals surface area contributed by atoms with Crippen LogP contribution in [0.3, 0.4) is 0 Å². The molecule has 1 N–H and O–H groups in total. The zero-order chi connectivity index (χ0) is 14.0. The first kappa shape index (κ1) is 13.3. The summed E-state index contributed by atoms with van der Waals surface area (Å²) in [6.45, 7) is 6.69. The van der Waals surface area contributed by atoms with Crippen LogP contribution in [0.5, 0.6) is 0 Å². The maximum absolute atomic E-state index is 11.0. The molecule has 19 heavy (non-hydrogen) atoms. The molecule has 0 saturated heterocycles. The van der Waals surface area contributed by atoms with Gasteiger partial charge < -0.3 is 10.0 Å². The lowest BCUT2D eigenvalue weighted by atomic mass is 10.2. The van der Waals surface area contributed by atoms with Gasteiger partial charge in [-0.15, -0.1) is 0 Å². The monoisotopic (exact) mass is 262 g/mol. The third-order valence-corrected chi connectivity index (χ3v) is 2.74. The second kappa shape index (κ2) is 5.26. The van der Waals surface area contributed by atoms with E-state index in [0.29, 0.717) is 12.5 Å². The molecular formula is C13H18N4O2. The quantitative estimate of drug-likeness (QED) is 0.886. The molecule has 6 nitrogen and oxygen atoms in total. The van der Waals surface area contributed by atoms with Gasteiger partial charge in [0.25, 0.3) is 0 Å². The topological polar surface area (TPSA) is 70.7 Å². The summed E-state index contributed by atoms with van der Waals surface area (Å²) in [7, 11) is 0. The molecule has 0 amide bonds. The van der Waals surface area contributed by atoms with Crippen molar-refractivity contribution in [1.29, 1.82) is 0 Å². The van der Waals surface area contributed by atoms with Gasteiger partial charge in [0.05, 0.1) is 0 Å². The van der Waals surface area contributed by atoms with E-state index in [2.05, 4.69) is 23.9 Å². The van der Waals surface area contributed by atoms with E-state index in [9.17, 15) is 4.79 Å². The van der Waals surface area contributed by atoms with E-state index in [1.54, 1.807) is 4.52 Å². The number of carbonyl (C=O) groups is 1. The van der Waals surface area contributed by atoms with Gasteiger partial charge in [-0.3, -0.25) is 4.79 Å². The van der Waals surface area contributed by atoms with Crippen LogP contribution in [-0.4, -0.2) is 38.8 Å². The van der Waals surface area contributed by atoms with Crippen molar-refractivity contribution in [1.82, 2.24) is 14.6 Å². The minimum Gasteiger partial charge on any atom is -0.480 e. The zero-order valence-electron chi connectivity index (χ0n) is 11.4. The van der Waals surface area contributed by atoms with Crippen molar-refractivity contribution in [3.63, 3.8) is 0 Å². The smallest absolute Gasteiger partial charge is 0.323 e. The van der Waals surface area contributed by atoms with Crippen molar-refractivity contribution < 1.29 is 9.90 Å². The summed E-state index contributed by atoms with van der Waals surface area (Å²) in [5.74, 6) is 0.275.